The molecule has 3 aliphatic rings. The molecule has 1 saturated carbocycles. The number of Topliss-reactive ketones (excluding diaryl/α,β-unsaturated/α-hetero) is 1. The van der Waals surface area contributed by atoms with Crippen LogP contribution < -0.4 is 0 Å². The molecule has 0 unspecified atom stereocenters. The summed E-state index contributed by atoms with van der Waals surface area (Å²) in [7, 11) is 0. The number of hydrogen-bond donors (Lipinski definition) is 1. The first-order chi connectivity index (χ1) is 9.07. The second kappa shape index (κ2) is 4.30. The highest BCUT2D eigenvalue weighted by Gasteiger charge is 2.67. The summed E-state index contributed by atoms with van der Waals surface area (Å²) in [5, 5.41) is 9.67. The number of ether oxygens (including phenoxy) is 1. The van der Waals surface area contributed by atoms with Crippen LogP contribution in [0.5, 0.6) is 0 Å². The van der Waals surface area contributed by atoms with Crippen LogP contribution in [0.2, 0.25) is 0 Å². The quantitative estimate of drug-likeness (QED) is 0.797. The molecule has 0 amide bonds. The van der Waals surface area contributed by atoms with Crippen LogP contribution in [-0.4, -0.2) is 28.6 Å². The van der Waals surface area contributed by atoms with Crippen molar-refractivity contribution in [1.82, 2.24) is 0 Å². The van der Waals surface area contributed by atoms with Crippen LogP contribution in [0.25, 0.3) is 0 Å². The minimum absolute atomic E-state index is 0.0281. The predicted octanol–water partition coefficient (Wildman–Crippen LogP) is 2.55. The van der Waals surface area contributed by atoms with Crippen molar-refractivity contribution < 1.29 is 19.4 Å². The molecule has 4 atom stereocenters. The third-order valence-electron chi connectivity index (χ3n) is 5.52. The number of fused-ring (bicyclic) bond motifs is 6. The fraction of sp³-hybridized carbons (Fsp3) is 0.867. The SMILES string of the molecule is CCC[C@]12CC[C@H](O1)[C@]1(C(=O)O)CCCC[C@H]2C1=O. The van der Waals surface area contributed by atoms with E-state index in [9.17, 15) is 14.7 Å². The molecule has 0 aromatic rings. The zero-order valence-corrected chi connectivity index (χ0v) is 11.5. The molecule has 4 nitrogen and oxygen atoms in total. The van der Waals surface area contributed by atoms with Crippen molar-refractivity contribution >= 4 is 11.8 Å². The standard InChI is InChI=1S/C15H22O4/c1-2-7-14-9-6-11(19-14)15(13(17)18)8-4-3-5-10(14)12(15)16/h10-11H,2-9H2,1H3,(H,17,18)/t10-,11-,14+,15+/m0/s1. The number of carboxylic acid groups (broad SMARTS) is 1. The first-order valence-electron chi connectivity index (χ1n) is 7.52. The molecule has 0 aromatic heterocycles. The average molecular weight is 266 g/mol. The van der Waals surface area contributed by atoms with E-state index < -0.39 is 17.5 Å². The Morgan fingerprint density at radius 1 is 1.37 bits per heavy atom. The van der Waals surface area contributed by atoms with Gasteiger partial charge in [0.25, 0.3) is 0 Å². The van der Waals surface area contributed by atoms with Gasteiger partial charge in [-0.15, -0.1) is 0 Å². The topological polar surface area (TPSA) is 63.6 Å². The molecule has 19 heavy (non-hydrogen) atoms. The zero-order valence-electron chi connectivity index (χ0n) is 11.5. The first-order valence-corrected chi connectivity index (χ1v) is 7.52. The Labute approximate surface area is 113 Å². The van der Waals surface area contributed by atoms with Gasteiger partial charge in [-0.25, -0.2) is 0 Å². The number of carbonyl (C=O) groups is 2. The second-order valence-electron chi connectivity index (χ2n) is 6.40. The molecule has 3 rings (SSSR count). The van der Waals surface area contributed by atoms with Crippen LogP contribution in [-0.2, 0) is 14.3 Å². The Kier molecular flexibility index (Phi) is 2.97. The molecular formula is C15H22O4. The summed E-state index contributed by atoms with van der Waals surface area (Å²) in [6.07, 6.45) is 6.12. The van der Waals surface area contributed by atoms with Gasteiger partial charge in [0.15, 0.2) is 11.2 Å². The number of carbonyl (C=O) groups excluding carboxylic acids is 1. The molecule has 4 heteroatoms. The molecule has 3 fully saturated rings. The summed E-state index contributed by atoms with van der Waals surface area (Å²) in [4.78, 5) is 24.7. The third-order valence-corrected chi connectivity index (χ3v) is 5.52. The lowest BCUT2D eigenvalue weighted by Gasteiger charge is -2.46. The lowest BCUT2D eigenvalue weighted by Crippen LogP contribution is -2.59. The molecule has 0 aromatic carbocycles. The summed E-state index contributed by atoms with van der Waals surface area (Å²) in [5.41, 5.74) is -1.59. The van der Waals surface area contributed by atoms with Crippen molar-refractivity contribution in [3.8, 4) is 0 Å². The monoisotopic (exact) mass is 266 g/mol. The fourth-order valence-corrected chi connectivity index (χ4v) is 4.65. The van der Waals surface area contributed by atoms with Gasteiger partial charge in [-0.2, -0.15) is 0 Å². The van der Waals surface area contributed by atoms with Crippen molar-refractivity contribution in [3.63, 3.8) is 0 Å². The van der Waals surface area contributed by atoms with Crippen LogP contribution in [0.15, 0.2) is 0 Å². The highest BCUT2D eigenvalue weighted by molar-refractivity contribution is 6.06. The minimum atomic E-state index is -1.24. The lowest BCUT2D eigenvalue weighted by atomic mass is 9.67. The van der Waals surface area contributed by atoms with Crippen LogP contribution in [0, 0.1) is 11.3 Å². The molecule has 2 heterocycles. The summed E-state index contributed by atoms with van der Waals surface area (Å²) in [6.45, 7) is 2.10. The maximum atomic E-state index is 12.9. The van der Waals surface area contributed by atoms with Crippen molar-refractivity contribution in [2.24, 2.45) is 11.3 Å². The van der Waals surface area contributed by atoms with E-state index in [1.54, 1.807) is 0 Å². The van der Waals surface area contributed by atoms with E-state index in [-0.39, 0.29) is 17.3 Å². The maximum absolute atomic E-state index is 12.9. The van der Waals surface area contributed by atoms with Gasteiger partial charge in [0.05, 0.1) is 11.7 Å². The van der Waals surface area contributed by atoms with E-state index in [0.29, 0.717) is 6.42 Å². The van der Waals surface area contributed by atoms with Crippen molar-refractivity contribution in [1.29, 1.82) is 0 Å². The minimum Gasteiger partial charge on any atom is -0.480 e. The third kappa shape index (κ3) is 1.55. The van der Waals surface area contributed by atoms with E-state index in [2.05, 4.69) is 6.92 Å². The largest absolute Gasteiger partial charge is 0.480 e. The van der Waals surface area contributed by atoms with Crippen LogP contribution in [0.1, 0.15) is 58.3 Å². The first kappa shape index (κ1) is 13.1. The maximum Gasteiger partial charge on any atom is 0.319 e. The van der Waals surface area contributed by atoms with E-state index in [4.69, 9.17) is 4.74 Å². The Morgan fingerprint density at radius 3 is 2.84 bits per heavy atom. The number of rotatable bonds is 3. The number of hydrogen-bond acceptors (Lipinski definition) is 3. The Balaban J connectivity index is 2.07. The molecule has 0 radical (unpaired) electrons. The van der Waals surface area contributed by atoms with Crippen LogP contribution in [0.3, 0.4) is 0 Å². The van der Waals surface area contributed by atoms with Gasteiger partial charge < -0.3 is 9.84 Å². The van der Waals surface area contributed by atoms with Crippen molar-refractivity contribution in [3.05, 3.63) is 0 Å². The van der Waals surface area contributed by atoms with E-state index in [1.165, 1.54) is 0 Å². The van der Waals surface area contributed by atoms with Gasteiger partial charge in [-0.05, 0) is 32.1 Å². The molecule has 0 spiro atoms. The Bertz CT molecular complexity index is 418. The van der Waals surface area contributed by atoms with E-state index >= 15 is 0 Å². The zero-order chi connectivity index (χ0) is 13.7. The number of carboxylic acids is 1. The number of aliphatic carboxylic acids is 1. The van der Waals surface area contributed by atoms with Gasteiger partial charge in [0.2, 0.25) is 0 Å². The summed E-state index contributed by atoms with van der Waals surface area (Å²) in [5.74, 6) is -1.18. The lowest BCUT2D eigenvalue weighted by molar-refractivity contribution is -0.197. The molecule has 106 valence electrons. The van der Waals surface area contributed by atoms with Gasteiger partial charge >= 0.3 is 5.97 Å². The van der Waals surface area contributed by atoms with E-state index in [0.717, 1.165) is 44.9 Å². The second-order valence-corrected chi connectivity index (χ2v) is 6.40. The van der Waals surface area contributed by atoms with Gasteiger partial charge in [0.1, 0.15) is 0 Å². The highest BCUT2D eigenvalue weighted by Crippen LogP contribution is 2.57. The summed E-state index contributed by atoms with van der Waals surface area (Å²) >= 11 is 0. The fourth-order valence-electron chi connectivity index (χ4n) is 4.65. The van der Waals surface area contributed by atoms with Gasteiger partial charge in [-0.3, -0.25) is 9.59 Å². The summed E-state index contributed by atoms with van der Waals surface area (Å²) in [6, 6.07) is 0. The van der Waals surface area contributed by atoms with Crippen LogP contribution >= 0.6 is 0 Å². The molecule has 1 N–H and O–H groups in total. The molecule has 2 aliphatic heterocycles. The Hall–Kier alpha value is -0.900. The highest BCUT2D eigenvalue weighted by atomic mass is 16.5. The van der Waals surface area contributed by atoms with Crippen molar-refractivity contribution in [2.45, 2.75) is 70.0 Å². The molecule has 4 bridgehead atoms. The molecule has 1 aliphatic carbocycles. The predicted molar refractivity (Wildman–Crippen MR) is 68.8 cm³/mol. The van der Waals surface area contributed by atoms with Gasteiger partial charge in [-0.1, -0.05) is 26.2 Å². The normalized spacial score (nSPS) is 45.0. The van der Waals surface area contributed by atoms with E-state index in [1.807, 2.05) is 0 Å². The number of ketones is 1. The average Bonchev–Trinajstić information content (AvgIpc) is 2.69. The van der Waals surface area contributed by atoms with Crippen molar-refractivity contribution in [2.75, 3.05) is 0 Å². The van der Waals surface area contributed by atoms with Crippen LogP contribution in [0.4, 0.5) is 0 Å². The van der Waals surface area contributed by atoms with Gasteiger partial charge in [0, 0.05) is 5.92 Å². The smallest absolute Gasteiger partial charge is 0.319 e. The summed E-state index contributed by atoms with van der Waals surface area (Å²) < 4.78 is 6.21. The molecular weight excluding hydrogens is 244 g/mol. The molecule has 2 saturated heterocycles. The Morgan fingerprint density at radius 2 is 2.16 bits per heavy atom.